The van der Waals surface area contributed by atoms with Gasteiger partial charge in [-0.3, -0.25) is 14.7 Å². The predicted octanol–water partition coefficient (Wildman–Crippen LogP) is 6.93. The smallest absolute Gasteiger partial charge is 0.223 e. The van der Waals surface area contributed by atoms with E-state index in [0.29, 0.717) is 11.5 Å². The predicted molar refractivity (Wildman–Crippen MR) is 153 cm³/mol. The molecule has 1 amide bonds. The highest BCUT2D eigenvalue weighted by Gasteiger charge is 2.24. The fraction of sp³-hybridized carbons (Fsp3) is 0.581. The topological polar surface area (TPSA) is 68.5 Å². The Labute approximate surface area is 220 Å². The summed E-state index contributed by atoms with van der Waals surface area (Å²) in [5.41, 5.74) is 2.82. The third kappa shape index (κ3) is 12.8. The van der Waals surface area contributed by atoms with Gasteiger partial charge in [0, 0.05) is 30.9 Å². The fourth-order valence-electron chi connectivity index (χ4n) is 4.40. The Morgan fingerprint density at radius 1 is 1.25 bits per heavy atom. The number of nitrogens with zero attached hydrogens (tertiary/aromatic N) is 3. The van der Waals surface area contributed by atoms with Crippen LogP contribution < -0.4 is 5.32 Å². The van der Waals surface area contributed by atoms with E-state index in [1.807, 2.05) is 19.9 Å². The summed E-state index contributed by atoms with van der Waals surface area (Å²) in [7, 11) is 0. The fourth-order valence-corrected chi connectivity index (χ4v) is 4.40. The maximum atomic E-state index is 12.5. The summed E-state index contributed by atoms with van der Waals surface area (Å²) < 4.78 is 0. The molecule has 1 aliphatic rings. The van der Waals surface area contributed by atoms with Crippen LogP contribution in [0.5, 0.6) is 0 Å². The van der Waals surface area contributed by atoms with Crippen molar-refractivity contribution < 1.29 is 4.79 Å². The molecule has 0 aromatic heterocycles. The maximum absolute atomic E-state index is 12.5. The van der Waals surface area contributed by atoms with Gasteiger partial charge in [0.2, 0.25) is 5.91 Å². The largest absolute Gasteiger partial charge is 0.356 e. The average molecular weight is 493 g/mol. The molecule has 1 heterocycles. The van der Waals surface area contributed by atoms with Crippen LogP contribution in [-0.4, -0.2) is 36.2 Å². The van der Waals surface area contributed by atoms with Gasteiger partial charge in [0.05, 0.1) is 5.57 Å². The van der Waals surface area contributed by atoms with Crippen LogP contribution in [0.25, 0.3) is 0 Å². The highest BCUT2D eigenvalue weighted by molar-refractivity contribution is 5.79. The number of carbonyl (C=O) groups is 1. The van der Waals surface area contributed by atoms with Gasteiger partial charge >= 0.3 is 0 Å². The van der Waals surface area contributed by atoms with Gasteiger partial charge in [0.1, 0.15) is 6.07 Å². The van der Waals surface area contributed by atoms with Gasteiger partial charge in [-0.1, -0.05) is 76.6 Å². The van der Waals surface area contributed by atoms with E-state index in [4.69, 9.17) is 5.26 Å². The van der Waals surface area contributed by atoms with Crippen LogP contribution >= 0.6 is 0 Å². The standard InChI is InChI=1S/C23H38N2O.C8H10N2/c1-4-9-22(19(3)5-2)23(26)24-15-12-20-13-16-25(17-14-20)18-21-10-7-6-8-11-21;1-4-8(5-9)6-10-7(2)3/h6-8,10-11,19-20,22H,4-5,9,12-18H2,1-3H3,(H,24,26);4,6H,1H2,2-3H3/b;8-6+. The maximum Gasteiger partial charge on any atom is 0.223 e. The van der Waals surface area contributed by atoms with Crippen molar-refractivity contribution in [3.63, 3.8) is 0 Å². The Morgan fingerprint density at radius 3 is 2.44 bits per heavy atom. The van der Waals surface area contributed by atoms with Crippen LogP contribution in [-0.2, 0) is 11.3 Å². The number of hydrogen-bond donors (Lipinski definition) is 1. The van der Waals surface area contributed by atoms with Gasteiger partial charge in [-0.2, -0.15) is 5.26 Å². The Morgan fingerprint density at radius 2 is 1.92 bits per heavy atom. The van der Waals surface area contributed by atoms with Crippen molar-refractivity contribution in [3.05, 3.63) is 60.3 Å². The molecule has 0 bridgehead atoms. The average Bonchev–Trinajstić information content (AvgIpc) is 2.89. The Hall–Kier alpha value is -2.71. The summed E-state index contributed by atoms with van der Waals surface area (Å²) in [6.45, 7) is 18.0. The van der Waals surface area contributed by atoms with E-state index in [9.17, 15) is 4.79 Å². The molecule has 1 N–H and O–H groups in total. The lowest BCUT2D eigenvalue weighted by atomic mass is 9.87. The number of aliphatic imine (C=N–C) groups is 1. The molecule has 0 radical (unpaired) electrons. The van der Waals surface area contributed by atoms with Crippen LogP contribution in [0.3, 0.4) is 0 Å². The van der Waals surface area contributed by atoms with Crippen LogP contribution in [0.4, 0.5) is 0 Å². The Kier molecular flexibility index (Phi) is 16.1. The van der Waals surface area contributed by atoms with E-state index in [0.717, 1.165) is 50.4 Å². The number of allylic oxidation sites excluding steroid dienone is 2. The minimum atomic E-state index is 0.192. The lowest BCUT2D eigenvalue weighted by Crippen LogP contribution is -2.37. The molecule has 2 atom stereocenters. The number of hydrogen-bond acceptors (Lipinski definition) is 4. The van der Waals surface area contributed by atoms with Gasteiger partial charge < -0.3 is 5.32 Å². The van der Waals surface area contributed by atoms with Crippen molar-refractivity contribution in [3.8, 4) is 6.07 Å². The first-order valence-electron chi connectivity index (χ1n) is 13.6. The van der Waals surface area contributed by atoms with Crippen LogP contribution in [0.15, 0.2) is 59.8 Å². The molecule has 0 saturated carbocycles. The van der Waals surface area contributed by atoms with Crippen LogP contribution in [0.2, 0.25) is 0 Å². The summed E-state index contributed by atoms with van der Waals surface area (Å²) in [4.78, 5) is 19.0. The third-order valence-corrected chi connectivity index (χ3v) is 6.89. The molecule has 1 aromatic carbocycles. The lowest BCUT2D eigenvalue weighted by Gasteiger charge is -2.32. The molecular formula is C31H48N4O. The number of amides is 1. The van der Waals surface area contributed by atoms with Gasteiger partial charge in [0.15, 0.2) is 0 Å². The molecule has 2 rings (SSSR count). The first kappa shape index (κ1) is 31.3. The van der Waals surface area contributed by atoms with Crippen molar-refractivity contribution in [2.24, 2.45) is 22.7 Å². The SMILES string of the molecule is C=C/C(C#N)=C\N=C(C)C.CCCC(C(=O)NCCC1CCN(Cc2ccccc2)CC1)C(C)CC. The van der Waals surface area contributed by atoms with E-state index in [-0.39, 0.29) is 11.8 Å². The number of nitriles is 1. The van der Waals surface area contributed by atoms with Gasteiger partial charge in [-0.15, -0.1) is 0 Å². The van der Waals surface area contributed by atoms with E-state index in [2.05, 4.69) is 72.9 Å². The minimum Gasteiger partial charge on any atom is -0.356 e. The number of rotatable bonds is 12. The Bertz CT molecular complexity index is 856. The molecule has 1 saturated heterocycles. The second kappa shape index (κ2) is 18.5. The number of benzene rings is 1. The molecule has 198 valence electrons. The van der Waals surface area contributed by atoms with E-state index in [1.165, 1.54) is 43.8 Å². The van der Waals surface area contributed by atoms with Crippen molar-refractivity contribution in [2.75, 3.05) is 19.6 Å². The number of piperidine rings is 1. The second-order valence-electron chi connectivity index (χ2n) is 10.0. The summed E-state index contributed by atoms with van der Waals surface area (Å²) >= 11 is 0. The zero-order chi connectivity index (χ0) is 26.8. The van der Waals surface area contributed by atoms with Crippen molar-refractivity contribution in [1.82, 2.24) is 10.2 Å². The molecule has 2 unspecified atom stereocenters. The quantitative estimate of drug-likeness (QED) is 0.195. The lowest BCUT2D eigenvalue weighted by molar-refractivity contribution is -0.126. The van der Waals surface area contributed by atoms with E-state index in [1.54, 1.807) is 0 Å². The van der Waals surface area contributed by atoms with Gasteiger partial charge in [-0.25, -0.2) is 0 Å². The van der Waals surface area contributed by atoms with Gasteiger partial charge in [-0.05, 0) is 70.0 Å². The zero-order valence-electron chi connectivity index (χ0n) is 23.3. The monoisotopic (exact) mass is 492 g/mol. The number of carbonyl (C=O) groups excluding carboxylic acids is 1. The molecule has 1 fully saturated rings. The van der Waals surface area contributed by atoms with Crippen LogP contribution in [0, 0.1) is 29.1 Å². The Balaban J connectivity index is 0.000000548. The van der Waals surface area contributed by atoms with Crippen molar-refractivity contribution in [2.45, 2.75) is 79.7 Å². The first-order valence-corrected chi connectivity index (χ1v) is 13.6. The molecule has 36 heavy (non-hydrogen) atoms. The molecular weight excluding hydrogens is 444 g/mol. The van der Waals surface area contributed by atoms with Crippen molar-refractivity contribution in [1.29, 1.82) is 5.26 Å². The first-order chi connectivity index (χ1) is 17.3. The van der Waals surface area contributed by atoms with Crippen molar-refractivity contribution >= 4 is 11.6 Å². The zero-order valence-corrected chi connectivity index (χ0v) is 23.3. The minimum absolute atomic E-state index is 0.192. The number of likely N-dealkylation sites (tertiary alicyclic amines) is 1. The highest BCUT2D eigenvalue weighted by atomic mass is 16.1. The van der Waals surface area contributed by atoms with Crippen LogP contribution in [0.1, 0.15) is 78.7 Å². The summed E-state index contributed by atoms with van der Waals surface area (Å²) in [6, 6.07) is 12.7. The molecule has 5 heteroatoms. The molecule has 1 aromatic rings. The molecule has 0 aliphatic carbocycles. The summed E-state index contributed by atoms with van der Waals surface area (Å²) in [5.74, 6) is 1.71. The number of nitrogens with one attached hydrogen (secondary N) is 1. The summed E-state index contributed by atoms with van der Waals surface area (Å²) in [5, 5.41) is 11.6. The third-order valence-electron chi connectivity index (χ3n) is 6.89. The molecule has 5 nitrogen and oxygen atoms in total. The van der Waals surface area contributed by atoms with Gasteiger partial charge in [0.25, 0.3) is 0 Å². The highest BCUT2D eigenvalue weighted by Crippen LogP contribution is 2.23. The molecule has 0 spiro atoms. The normalized spacial score (nSPS) is 16.1. The van der Waals surface area contributed by atoms with E-state index >= 15 is 0 Å². The van der Waals surface area contributed by atoms with E-state index < -0.39 is 0 Å². The molecule has 1 aliphatic heterocycles. The second-order valence-corrected chi connectivity index (χ2v) is 10.0. The summed E-state index contributed by atoms with van der Waals surface area (Å²) in [6.07, 6.45) is 9.80.